The van der Waals surface area contributed by atoms with Crippen molar-refractivity contribution in [2.45, 2.75) is 12.8 Å². The molecule has 1 fully saturated rings. The van der Waals surface area contributed by atoms with Gasteiger partial charge < -0.3 is 10.6 Å². The summed E-state index contributed by atoms with van der Waals surface area (Å²) in [6.45, 7) is 3.46. The van der Waals surface area contributed by atoms with E-state index >= 15 is 0 Å². The fourth-order valence-corrected chi connectivity index (χ4v) is 4.05. The largest absolute Gasteiger partial charge is 0.326 e. The van der Waals surface area contributed by atoms with Crippen LogP contribution in [0.25, 0.3) is 11.3 Å². The zero-order valence-electron chi connectivity index (χ0n) is 14.8. The summed E-state index contributed by atoms with van der Waals surface area (Å²) in [5.74, 6) is 0.0768. The number of benzene rings is 1. The maximum Gasteiger partial charge on any atom is 0.229 e. The molecule has 0 bridgehead atoms. The first-order valence-electron chi connectivity index (χ1n) is 8.63. The van der Waals surface area contributed by atoms with E-state index in [0.29, 0.717) is 6.54 Å². The highest BCUT2D eigenvalue weighted by Gasteiger charge is 2.34. The van der Waals surface area contributed by atoms with Crippen molar-refractivity contribution < 1.29 is 4.79 Å². The molecule has 134 valence electrons. The van der Waals surface area contributed by atoms with Gasteiger partial charge in [0, 0.05) is 48.9 Å². The van der Waals surface area contributed by atoms with Crippen molar-refractivity contribution in [2.24, 2.45) is 13.0 Å². The number of carbonyl (C=O) groups is 1. The summed E-state index contributed by atoms with van der Waals surface area (Å²) in [6, 6.07) is 7.86. The average Bonchev–Trinajstić information content (AvgIpc) is 3.35. The van der Waals surface area contributed by atoms with Crippen LogP contribution < -0.4 is 10.6 Å². The molecule has 1 aliphatic heterocycles. The number of amides is 1. The van der Waals surface area contributed by atoms with Crippen molar-refractivity contribution in [3.63, 3.8) is 0 Å². The van der Waals surface area contributed by atoms with Crippen molar-refractivity contribution in [1.82, 2.24) is 20.1 Å². The predicted molar refractivity (Wildman–Crippen MR) is 103 cm³/mol. The molecule has 2 atom stereocenters. The van der Waals surface area contributed by atoms with E-state index in [1.165, 1.54) is 0 Å². The molecule has 0 unspecified atom stereocenters. The molecular weight excluding hydrogens is 346 g/mol. The Balaban J connectivity index is 1.51. The molecule has 4 rings (SSSR count). The van der Waals surface area contributed by atoms with Crippen LogP contribution in [0.1, 0.15) is 16.5 Å². The lowest BCUT2D eigenvalue weighted by molar-refractivity contribution is -0.119. The first-order valence-corrected chi connectivity index (χ1v) is 9.51. The van der Waals surface area contributed by atoms with E-state index in [1.807, 2.05) is 56.0 Å². The third kappa shape index (κ3) is 3.40. The molecule has 6 nitrogen and oxygen atoms in total. The number of aryl methyl sites for hydroxylation is 2. The second kappa shape index (κ2) is 7.01. The number of hydrogen-bond acceptors (Lipinski definition) is 5. The summed E-state index contributed by atoms with van der Waals surface area (Å²) < 4.78 is 1.78. The van der Waals surface area contributed by atoms with Gasteiger partial charge in [-0.15, -0.1) is 11.3 Å². The van der Waals surface area contributed by atoms with Gasteiger partial charge in [0.2, 0.25) is 5.91 Å². The highest BCUT2D eigenvalue weighted by Crippen LogP contribution is 2.30. The summed E-state index contributed by atoms with van der Waals surface area (Å²) >= 11 is 1.62. The number of nitrogens with zero attached hydrogens (tertiary/aromatic N) is 3. The minimum Gasteiger partial charge on any atom is -0.326 e. The number of nitrogens with one attached hydrogen (secondary N) is 2. The minimum absolute atomic E-state index is 0.0375. The van der Waals surface area contributed by atoms with E-state index in [2.05, 4.69) is 20.7 Å². The molecule has 3 heterocycles. The van der Waals surface area contributed by atoms with Crippen molar-refractivity contribution in [2.75, 3.05) is 18.4 Å². The quantitative estimate of drug-likeness (QED) is 0.744. The van der Waals surface area contributed by atoms with Crippen LogP contribution in [-0.4, -0.2) is 33.8 Å². The van der Waals surface area contributed by atoms with Crippen LogP contribution in [0.15, 0.2) is 42.0 Å². The fraction of sp³-hybridized carbons (Fsp3) is 0.316. The third-order valence-corrected chi connectivity index (χ3v) is 5.52. The topological polar surface area (TPSA) is 71.8 Å². The second-order valence-corrected chi connectivity index (χ2v) is 7.70. The Morgan fingerprint density at radius 2 is 2.27 bits per heavy atom. The minimum atomic E-state index is -0.107. The van der Waals surface area contributed by atoms with Crippen LogP contribution in [0, 0.1) is 12.8 Å². The predicted octanol–water partition coefficient (Wildman–Crippen LogP) is 2.79. The summed E-state index contributed by atoms with van der Waals surface area (Å²) in [6.07, 6.45) is 3.84. The molecule has 2 aromatic heterocycles. The van der Waals surface area contributed by atoms with Gasteiger partial charge in [0.05, 0.1) is 22.8 Å². The van der Waals surface area contributed by atoms with Gasteiger partial charge in [-0.05, 0) is 24.6 Å². The molecule has 0 aliphatic carbocycles. The highest BCUT2D eigenvalue weighted by atomic mass is 32.1. The Hall–Kier alpha value is -2.51. The van der Waals surface area contributed by atoms with Crippen LogP contribution in [0.3, 0.4) is 0 Å². The summed E-state index contributed by atoms with van der Waals surface area (Å²) in [4.78, 5) is 17.4. The zero-order chi connectivity index (χ0) is 18.1. The number of anilines is 1. The summed E-state index contributed by atoms with van der Waals surface area (Å²) in [5, 5.41) is 13.7. The van der Waals surface area contributed by atoms with Gasteiger partial charge in [-0.2, -0.15) is 5.10 Å². The molecule has 1 saturated heterocycles. The van der Waals surface area contributed by atoms with Crippen LogP contribution in [0.4, 0.5) is 5.69 Å². The molecule has 7 heteroatoms. The maximum absolute atomic E-state index is 12.9. The number of hydrogen-bond donors (Lipinski definition) is 2. The van der Waals surface area contributed by atoms with Gasteiger partial charge in [-0.1, -0.05) is 12.1 Å². The van der Waals surface area contributed by atoms with Gasteiger partial charge >= 0.3 is 0 Å². The number of aromatic nitrogens is 3. The van der Waals surface area contributed by atoms with Crippen molar-refractivity contribution in [3.05, 3.63) is 52.6 Å². The van der Waals surface area contributed by atoms with Gasteiger partial charge in [0.1, 0.15) is 0 Å². The van der Waals surface area contributed by atoms with E-state index in [9.17, 15) is 4.79 Å². The number of thiazole rings is 1. The first kappa shape index (κ1) is 16.9. The van der Waals surface area contributed by atoms with Crippen LogP contribution in [0.5, 0.6) is 0 Å². The SMILES string of the molecule is Cc1nc(-c2cccc(NC(=O)[C@H]3CNC[C@@H]3c3cnn(C)c3)c2)cs1. The van der Waals surface area contributed by atoms with Crippen molar-refractivity contribution >= 4 is 22.9 Å². The molecule has 1 aromatic carbocycles. The Kier molecular flexibility index (Phi) is 4.57. The molecule has 1 aliphatic rings. The van der Waals surface area contributed by atoms with E-state index < -0.39 is 0 Å². The Bertz CT molecular complexity index is 931. The number of carbonyl (C=O) groups excluding carboxylic acids is 1. The maximum atomic E-state index is 12.9. The van der Waals surface area contributed by atoms with Crippen LogP contribution >= 0.6 is 11.3 Å². The normalized spacial score (nSPS) is 19.6. The smallest absolute Gasteiger partial charge is 0.229 e. The number of rotatable bonds is 4. The molecule has 0 spiro atoms. The lowest BCUT2D eigenvalue weighted by Gasteiger charge is -2.17. The molecule has 26 heavy (non-hydrogen) atoms. The molecule has 0 radical (unpaired) electrons. The average molecular weight is 367 g/mol. The van der Waals surface area contributed by atoms with Crippen LogP contribution in [0.2, 0.25) is 0 Å². The standard InChI is InChI=1S/C19H21N5OS/c1-12-22-18(11-26-12)13-4-3-5-15(6-13)23-19(25)17-9-20-8-16(17)14-7-21-24(2)10-14/h3-7,10-11,16-17,20H,8-9H2,1-2H3,(H,23,25)/t16-,17+/m1/s1. The Morgan fingerprint density at radius 1 is 1.38 bits per heavy atom. The highest BCUT2D eigenvalue weighted by molar-refractivity contribution is 7.09. The molecule has 3 aromatic rings. The van der Waals surface area contributed by atoms with Gasteiger partial charge in [0.15, 0.2) is 0 Å². The lowest BCUT2D eigenvalue weighted by Crippen LogP contribution is -2.28. The Morgan fingerprint density at radius 3 is 3.00 bits per heavy atom. The fourth-order valence-electron chi connectivity index (χ4n) is 3.42. The lowest BCUT2D eigenvalue weighted by atomic mass is 9.90. The van der Waals surface area contributed by atoms with Crippen LogP contribution in [-0.2, 0) is 11.8 Å². The molecule has 1 amide bonds. The van der Waals surface area contributed by atoms with E-state index in [0.717, 1.165) is 34.1 Å². The third-order valence-electron chi connectivity index (χ3n) is 4.75. The van der Waals surface area contributed by atoms with Gasteiger partial charge in [-0.25, -0.2) is 4.98 Å². The molecule has 0 saturated carbocycles. The van der Waals surface area contributed by atoms with Gasteiger partial charge in [0.25, 0.3) is 0 Å². The summed E-state index contributed by atoms with van der Waals surface area (Å²) in [7, 11) is 1.90. The van der Waals surface area contributed by atoms with E-state index in [4.69, 9.17) is 0 Å². The zero-order valence-corrected chi connectivity index (χ0v) is 15.6. The second-order valence-electron chi connectivity index (χ2n) is 6.64. The van der Waals surface area contributed by atoms with Crippen molar-refractivity contribution in [3.8, 4) is 11.3 Å². The molecule has 2 N–H and O–H groups in total. The Labute approximate surface area is 156 Å². The van der Waals surface area contributed by atoms with E-state index in [1.54, 1.807) is 16.0 Å². The van der Waals surface area contributed by atoms with E-state index in [-0.39, 0.29) is 17.7 Å². The monoisotopic (exact) mass is 367 g/mol. The molecular formula is C19H21N5OS. The first-order chi connectivity index (χ1) is 12.6. The van der Waals surface area contributed by atoms with Crippen molar-refractivity contribution in [1.29, 1.82) is 0 Å². The summed E-state index contributed by atoms with van der Waals surface area (Å²) in [5.41, 5.74) is 3.86. The van der Waals surface area contributed by atoms with Gasteiger partial charge in [-0.3, -0.25) is 9.48 Å².